The molecule has 0 aliphatic rings. The van der Waals surface area contributed by atoms with Crippen molar-refractivity contribution in [1.29, 1.82) is 0 Å². The molecule has 10 heteroatoms. The zero-order valence-corrected chi connectivity index (χ0v) is 18.6. The third-order valence-corrected chi connectivity index (χ3v) is 6.54. The number of ether oxygens (including phenoxy) is 2. The van der Waals surface area contributed by atoms with Crippen molar-refractivity contribution in [3.63, 3.8) is 0 Å². The van der Waals surface area contributed by atoms with Crippen LogP contribution >= 0.6 is 34.7 Å². The number of aromatic nitrogens is 4. The lowest BCUT2D eigenvalue weighted by molar-refractivity contribution is 0.355. The van der Waals surface area contributed by atoms with E-state index >= 15 is 0 Å². The van der Waals surface area contributed by atoms with Crippen LogP contribution < -0.4 is 15.3 Å². The summed E-state index contributed by atoms with van der Waals surface area (Å²) in [6.45, 7) is 0. The summed E-state index contributed by atoms with van der Waals surface area (Å²) in [5.41, 5.74) is 2.64. The highest BCUT2D eigenvalue weighted by molar-refractivity contribution is 7.98. The van der Waals surface area contributed by atoms with Crippen LogP contribution in [-0.4, -0.2) is 34.1 Å². The van der Waals surface area contributed by atoms with Gasteiger partial charge in [0.1, 0.15) is 5.01 Å². The number of benzene rings is 2. The Labute approximate surface area is 186 Å². The highest BCUT2D eigenvalue weighted by atomic mass is 35.5. The van der Waals surface area contributed by atoms with Gasteiger partial charge in [-0.15, -0.1) is 21.5 Å². The summed E-state index contributed by atoms with van der Waals surface area (Å²) >= 11 is 9.29. The van der Waals surface area contributed by atoms with Gasteiger partial charge in [0.15, 0.2) is 17.3 Å². The van der Waals surface area contributed by atoms with Gasteiger partial charge in [0.25, 0.3) is 0 Å². The molecule has 4 aromatic rings. The maximum absolute atomic E-state index is 6.27. The van der Waals surface area contributed by atoms with E-state index in [1.54, 1.807) is 31.6 Å². The summed E-state index contributed by atoms with van der Waals surface area (Å²) in [6.07, 6.45) is 0. The van der Waals surface area contributed by atoms with Crippen molar-refractivity contribution >= 4 is 34.7 Å². The molecule has 2 aromatic carbocycles. The summed E-state index contributed by atoms with van der Waals surface area (Å²) in [5, 5.41) is 12.6. The summed E-state index contributed by atoms with van der Waals surface area (Å²) in [6, 6.07) is 13.2. The quantitative estimate of drug-likeness (QED) is 0.315. The lowest BCUT2D eigenvalue weighted by Crippen LogP contribution is -2.11. The van der Waals surface area contributed by atoms with Gasteiger partial charge in [-0.05, 0) is 24.3 Å². The van der Waals surface area contributed by atoms with Crippen LogP contribution in [0.15, 0.2) is 53.0 Å². The van der Waals surface area contributed by atoms with Crippen molar-refractivity contribution in [3.8, 4) is 33.5 Å². The molecule has 0 bridgehead atoms. The van der Waals surface area contributed by atoms with Crippen LogP contribution in [0.3, 0.4) is 0 Å². The first-order chi connectivity index (χ1) is 14.6. The van der Waals surface area contributed by atoms with Crippen molar-refractivity contribution < 1.29 is 9.47 Å². The molecule has 154 valence electrons. The summed E-state index contributed by atoms with van der Waals surface area (Å²) < 4.78 is 12.1. The monoisotopic (exact) mass is 459 g/mol. The number of thiazole rings is 1. The van der Waals surface area contributed by atoms with Crippen LogP contribution in [0.2, 0.25) is 5.02 Å². The molecule has 0 amide bonds. The molecule has 0 saturated heterocycles. The van der Waals surface area contributed by atoms with E-state index in [4.69, 9.17) is 26.9 Å². The lowest BCUT2D eigenvalue weighted by atomic mass is 10.2. The minimum atomic E-state index is 0.536. The van der Waals surface area contributed by atoms with Crippen LogP contribution in [0, 0.1) is 0 Å². The standard InChI is InChI=1S/C20H18ClN5O2S2/c1-27-16-8-7-12(9-17(16)28-2)18-24-25-20(26(18)22)30-11-13-10-29-19(23-13)14-5-3-4-6-15(14)21/h3-10H,11,22H2,1-2H3. The van der Waals surface area contributed by atoms with Crippen LogP contribution in [0.25, 0.3) is 22.0 Å². The van der Waals surface area contributed by atoms with Crippen molar-refractivity contribution in [1.82, 2.24) is 19.9 Å². The number of thioether (sulfide) groups is 1. The first-order valence-corrected chi connectivity index (χ1v) is 11.1. The fourth-order valence-electron chi connectivity index (χ4n) is 2.82. The summed E-state index contributed by atoms with van der Waals surface area (Å²) in [4.78, 5) is 4.68. The van der Waals surface area contributed by atoms with Gasteiger partial charge in [0, 0.05) is 22.3 Å². The second-order valence-electron chi connectivity index (χ2n) is 6.16. The number of methoxy groups -OCH3 is 2. The van der Waals surface area contributed by atoms with Crippen LogP contribution in [0.5, 0.6) is 11.5 Å². The molecule has 4 rings (SSSR count). The first-order valence-electron chi connectivity index (χ1n) is 8.85. The molecule has 0 unspecified atom stereocenters. The number of hydrogen-bond acceptors (Lipinski definition) is 8. The van der Waals surface area contributed by atoms with Crippen molar-refractivity contribution in [3.05, 3.63) is 58.6 Å². The first kappa shape index (κ1) is 20.5. The molecule has 30 heavy (non-hydrogen) atoms. The summed E-state index contributed by atoms with van der Waals surface area (Å²) in [5.74, 6) is 8.62. The highest BCUT2D eigenvalue weighted by Crippen LogP contribution is 2.34. The molecule has 0 aliphatic heterocycles. The smallest absolute Gasteiger partial charge is 0.210 e. The molecule has 2 N–H and O–H groups in total. The molecule has 0 atom stereocenters. The maximum Gasteiger partial charge on any atom is 0.210 e. The van der Waals surface area contributed by atoms with E-state index in [0.29, 0.717) is 33.3 Å². The number of nitrogen functional groups attached to an aromatic ring is 1. The van der Waals surface area contributed by atoms with Crippen LogP contribution in [0.4, 0.5) is 0 Å². The molecule has 0 radical (unpaired) electrons. The van der Waals surface area contributed by atoms with E-state index in [0.717, 1.165) is 21.8 Å². The van der Waals surface area contributed by atoms with Crippen LogP contribution in [-0.2, 0) is 5.75 Å². The minimum absolute atomic E-state index is 0.536. The van der Waals surface area contributed by atoms with Gasteiger partial charge in [0.05, 0.1) is 24.9 Å². The average molecular weight is 460 g/mol. The zero-order chi connectivity index (χ0) is 21.1. The molecule has 0 aliphatic carbocycles. The average Bonchev–Trinajstić information content (AvgIpc) is 3.38. The maximum atomic E-state index is 6.27. The Morgan fingerprint density at radius 3 is 2.67 bits per heavy atom. The molecular formula is C20H18ClN5O2S2. The van der Waals surface area contributed by atoms with Gasteiger partial charge in [-0.2, -0.15) is 0 Å². The third-order valence-electron chi connectivity index (χ3n) is 4.31. The predicted molar refractivity (Wildman–Crippen MR) is 121 cm³/mol. The Balaban J connectivity index is 1.50. The van der Waals surface area contributed by atoms with Crippen molar-refractivity contribution in [2.45, 2.75) is 10.9 Å². The Hall–Kier alpha value is -2.75. The molecule has 0 saturated carbocycles. The lowest BCUT2D eigenvalue weighted by Gasteiger charge is -2.09. The van der Waals surface area contributed by atoms with E-state index in [-0.39, 0.29) is 0 Å². The minimum Gasteiger partial charge on any atom is -0.493 e. The Morgan fingerprint density at radius 1 is 1.10 bits per heavy atom. The third kappa shape index (κ3) is 4.09. The molecule has 0 spiro atoms. The van der Waals surface area contributed by atoms with Gasteiger partial charge < -0.3 is 15.3 Å². The fraction of sp³-hybridized carbons (Fsp3) is 0.150. The number of rotatable bonds is 7. The Morgan fingerprint density at radius 2 is 1.90 bits per heavy atom. The SMILES string of the molecule is COc1ccc(-c2nnc(SCc3csc(-c4ccccc4Cl)n3)n2N)cc1OC. The topological polar surface area (TPSA) is 88.1 Å². The van der Waals surface area contributed by atoms with E-state index in [2.05, 4.69) is 15.2 Å². The van der Waals surface area contributed by atoms with Gasteiger partial charge in [-0.1, -0.05) is 41.6 Å². The second-order valence-corrected chi connectivity index (χ2v) is 8.37. The summed E-state index contributed by atoms with van der Waals surface area (Å²) in [7, 11) is 3.17. The molecule has 2 aromatic heterocycles. The van der Waals surface area contributed by atoms with E-state index in [1.165, 1.54) is 16.4 Å². The molecule has 2 heterocycles. The van der Waals surface area contributed by atoms with Gasteiger partial charge in [-0.25, -0.2) is 9.66 Å². The predicted octanol–water partition coefficient (Wildman–Crippen LogP) is 4.75. The number of nitrogens with two attached hydrogens (primary N) is 1. The fourth-order valence-corrected chi connectivity index (χ4v) is 4.81. The van der Waals surface area contributed by atoms with Gasteiger partial charge in [0.2, 0.25) is 5.16 Å². The zero-order valence-electron chi connectivity index (χ0n) is 16.2. The molecule has 7 nitrogen and oxygen atoms in total. The number of nitrogens with zero attached hydrogens (tertiary/aromatic N) is 4. The Kier molecular flexibility index (Phi) is 6.12. The van der Waals surface area contributed by atoms with Crippen molar-refractivity contribution in [2.75, 3.05) is 20.1 Å². The van der Waals surface area contributed by atoms with E-state index in [9.17, 15) is 0 Å². The molecular weight excluding hydrogens is 442 g/mol. The largest absolute Gasteiger partial charge is 0.493 e. The number of halogens is 1. The van der Waals surface area contributed by atoms with Gasteiger partial charge in [-0.3, -0.25) is 0 Å². The second kappa shape index (κ2) is 8.95. The van der Waals surface area contributed by atoms with Crippen molar-refractivity contribution in [2.24, 2.45) is 0 Å². The van der Waals surface area contributed by atoms with E-state index in [1.807, 2.05) is 41.8 Å². The number of hydrogen-bond donors (Lipinski definition) is 1. The Bertz CT molecular complexity index is 1180. The normalized spacial score (nSPS) is 10.9. The van der Waals surface area contributed by atoms with Gasteiger partial charge >= 0.3 is 0 Å². The van der Waals surface area contributed by atoms with Crippen LogP contribution in [0.1, 0.15) is 5.69 Å². The molecule has 0 fully saturated rings. The van der Waals surface area contributed by atoms with E-state index < -0.39 is 0 Å². The highest BCUT2D eigenvalue weighted by Gasteiger charge is 2.16.